The Kier molecular flexibility index (Phi) is 8.93. The molecule has 0 saturated carbocycles. The maximum atomic E-state index is 9.03. The largest absolute Gasteiger partial charge is 0.495 e. The Morgan fingerprint density at radius 1 is 1.25 bits per heavy atom. The molecule has 1 rings (SSSR count). The van der Waals surface area contributed by atoms with Gasteiger partial charge in [-0.2, -0.15) is 17.0 Å². The number of ether oxygens (including phenoxy) is 1. The number of benzene rings is 1. The molecular formula is C16H24N2OS. The van der Waals surface area contributed by atoms with Crippen molar-refractivity contribution in [3.8, 4) is 11.8 Å². The maximum absolute atomic E-state index is 9.03. The monoisotopic (exact) mass is 292 g/mol. The molecule has 1 aromatic carbocycles. The van der Waals surface area contributed by atoms with Crippen molar-refractivity contribution >= 4 is 11.8 Å². The number of thioether (sulfide) groups is 1. The number of nitrogens with one attached hydrogen (secondary N) is 1. The Labute approximate surface area is 126 Å². The zero-order chi connectivity index (χ0) is 14.6. The zero-order valence-corrected chi connectivity index (χ0v) is 13.3. The molecule has 0 heterocycles. The molecule has 0 fully saturated rings. The second-order valence-electron chi connectivity index (χ2n) is 4.73. The minimum absolute atomic E-state index is 0.601. The molecule has 0 amide bonds. The van der Waals surface area contributed by atoms with Crippen molar-refractivity contribution in [1.82, 2.24) is 5.32 Å². The molecule has 0 aliphatic carbocycles. The number of unbranched alkanes of at least 4 members (excludes halogenated alkanes) is 3. The van der Waals surface area contributed by atoms with Crippen LogP contribution in [0, 0.1) is 11.3 Å². The van der Waals surface area contributed by atoms with Crippen molar-refractivity contribution < 1.29 is 4.74 Å². The number of methoxy groups -OCH3 is 1. The molecule has 0 aromatic heterocycles. The van der Waals surface area contributed by atoms with Crippen LogP contribution in [-0.2, 0) is 6.54 Å². The fourth-order valence-electron chi connectivity index (χ4n) is 2.04. The van der Waals surface area contributed by atoms with Gasteiger partial charge in [-0.15, -0.1) is 0 Å². The summed E-state index contributed by atoms with van der Waals surface area (Å²) in [5.41, 5.74) is 1.73. The van der Waals surface area contributed by atoms with Crippen LogP contribution in [0.2, 0.25) is 0 Å². The number of hydrogen-bond donors (Lipinski definition) is 1. The molecule has 20 heavy (non-hydrogen) atoms. The van der Waals surface area contributed by atoms with Crippen LogP contribution in [0.15, 0.2) is 18.2 Å². The number of rotatable bonds is 10. The van der Waals surface area contributed by atoms with Crippen molar-refractivity contribution in [2.45, 2.75) is 32.2 Å². The van der Waals surface area contributed by atoms with Gasteiger partial charge in [0.05, 0.1) is 12.7 Å². The van der Waals surface area contributed by atoms with Crippen molar-refractivity contribution in [3.63, 3.8) is 0 Å². The van der Waals surface area contributed by atoms with E-state index in [1.54, 1.807) is 7.11 Å². The molecule has 0 unspecified atom stereocenters. The van der Waals surface area contributed by atoms with E-state index >= 15 is 0 Å². The lowest BCUT2D eigenvalue weighted by Crippen LogP contribution is -2.14. The van der Waals surface area contributed by atoms with Gasteiger partial charge in [-0.05, 0) is 49.1 Å². The van der Waals surface area contributed by atoms with Gasteiger partial charge in [0, 0.05) is 6.54 Å². The zero-order valence-electron chi connectivity index (χ0n) is 12.4. The molecule has 0 saturated heterocycles. The normalized spacial score (nSPS) is 10.2. The first-order valence-corrected chi connectivity index (χ1v) is 8.48. The lowest BCUT2D eigenvalue weighted by molar-refractivity contribution is 0.413. The van der Waals surface area contributed by atoms with Gasteiger partial charge in [-0.25, -0.2) is 0 Å². The average molecular weight is 292 g/mol. The summed E-state index contributed by atoms with van der Waals surface area (Å²) in [4.78, 5) is 0. The van der Waals surface area contributed by atoms with Crippen LogP contribution in [0.25, 0.3) is 0 Å². The fraction of sp³-hybridized carbons (Fsp3) is 0.562. The molecule has 110 valence electrons. The highest BCUT2D eigenvalue weighted by atomic mass is 32.2. The highest BCUT2D eigenvalue weighted by Gasteiger charge is 2.03. The third-order valence-electron chi connectivity index (χ3n) is 3.17. The lowest BCUT2D eigenvalue weighted by atomic mass is 10.1. The van der Waals surface area contributed by atoms with Crippen LogP contribution >= 0.6 is 11.8 Å². The highest BCUT2D eigenvalue weighted by Crippen LogP contribution is 2.18. The first kappa shape index (κ1) is 16.9. The lowest BCUT2D eigenvalue weighted by Gasteiger charge is -2.07. The maximum Gasteiger partial charge on any atom is 0.136 e. The molecule has 0 atom stereocenters. The summed E-state index contributed by atoms with van der Waals surface area (Å²) in [5.74, 6) is 1.92. The second kappa shape index (κ2) is 10.6. The molecule has 4 heteroatoms. The summed E-state index contributed by atoms with van der Waals surface area (Å²) in [7, 11) is 1.59. The quantitative estimate of drug-likeness (QED) is 0.670. The summed E-state index contributed by atoms with van der Waals surface area (Å²) in [5, 5.41) is 12.5. The average Bonchev–Trinajstić information content (AvgIpc) is 2.49. The molecule has 0 aliphatic rings. The Balaban J connectivity index is 2.21. The Morgan fingerprint density at radius 3 is 2.75 bits per heavy atom. The van der Waals surface area contributed by atoms with Crippen molar-refractivity contribution in [2.24, 2.45) is 0 Å². The minimum atomic E-state index is 0.601. The third kappa shape index (κ3) is 6.31. The van der Waals surface area contributed by atoms with E-state index in [1.165, 1.54) is 31.4 Å². The molecule has 0 spiro atoms. The van der Waals surface area contributed by atoms with Crippen LogP contribution in [0.1, 0.15) is 36.8 Å². The van der Waals surface area contributed by atoms with Crippen LogP contribution in [-0.4, -0.2) is 25.7 Å². The Bertz CT molecular complexity index is 429. The van der Waals surface area contributed by atoms with Crippen molar-refractivity contribution in [1.29, 1.82) is 5.26 Å². The van der Waals surface area contributed by atoms with Gasteiger partial charge in [0.25, 0.3) is 0 Å². The number of nitriles is 1. The van der Waals surface area contributed by atoms with E-state index < -0.39 is 0 Å². The topological polar surface area (TPSA) is 45.0 Å². The molecule has 0 bridgehead atoms. The Morgan fingerprint density at radius 2 is 2.05 bits per heavy atom. The van der Waals surface area contributed by atoms with Crippen LogP contribution in [0.3, 0.4) is 0 Å². The number of hydrogen-bond acceptors (Lipinski definition) is 4. The summed E-state index contributed by atoms with van der Waals surface area (Å²) in [6.07, 6.45) is 7.32. The summed E-state index contributed by atoms with van der Waals surface area (Å²) >= 11 is 1.92. The fourth-order valence-corrected chi connectivity index (χ4v) is 2.53. The van der Waals surface area contributed by atoms with Gasteiger partial charge in [0.1, 0.15) is 11.8 Å². The molecular weight excluding hydrogens is 268 g/mol. The van der Waals surface area contributed by atoms with Gasteiger partial charge in [0.15, 0.2) is 0 Å². The van der Waals surface area contributed by atoms with E-state index in [2.05, 4.69) is 17.6 Å². The Hall–Kier alpha value is -1.18. The third-order valence-corrected chi connectivity index (χ3v) is 3.86. The van der Waals surface area contributed by atoms with Crippen LogP contribution < -0.4 is 10.1 Å². The van der Waals surface area contributed by atoms with Crippen LogP contribution in [0.4, 0.5) is 0 Å². The van der Waals surface area contributed by atoms with Gasteiger partial charge in [-0.3, -0.25) is 0 Å². The molecule has 3 nitrogen and oxygen atoms in total. The first-order chi connectivity index (χ1) is 9.81. The van der Waals surface area contributed by atoms with Crippen LogP contribution in [0.5, 0.6) is 5.75 Å². The molecule has 0 radical (unpaired) electrons. The summed E-state index contributed by atoms with van der Waals surface area (Å²) < 4.78 is 5.14. The minimum Gasteiger partial charge on any atom is -0.495 e. The van der Waals surface area contributed by atoms with Crippen molar-refractivity contribution in [2.75, 3.05) is 25.7 Å². The summed E-state index contributed by atoms with van der Waals surface area (Å²) in [6, 6.07) is 7.92. The van der Waals surface area contributed by atoms with Gasteiger partial charge in [-0.1, -0.05) is 18.9 Å². The second-order valence-corrected chi connectivity index (χ2v) is 5.72. The van der Waals surface area contributed by atoms with Gasteiger partial charge in [0.2, 0.25) is 0 Å². The standard InChI is InChI=1S/C16H24N2OS/c1-19-16-8-7-14(11-15(16)12-17)13-18-9-5-3-4-6-10-20-2/h7-8,11,18H,3-6,9-10,13H2,1-2H3. The van der Waals surface area contributed by atoms with E-state index in [4.69, 9.17) is 10.00 Å². The predicted octanol–water partition coefficient (Wildman–Crippen LogP) is 3.58. The molecule has 0 aliphatic heterocycles. The predicted molar refractivity (Wildman–Crippen MR) is 86.3 cm³/mol. The highest BCUT2D eigenvalue weighted by molar-refractivity contribution is 7.98. The van der Waals surface area contributed by atoms with E-state index in [0.29, 0.717) is 11.3 Å². The van der Waals surface area contributed by atoms with E-state index in [1.807, 2.05) is 30.0 Å². The number of nitrogens with zero attached hydrogens (tertiary/aromatic N) is 1. The van der Waals surface area contributed by atoms with E-state index in [9.17, 15) is 0 Å². The van der Waals surface area contributed by atoms with E-state index in [0.717, 1.165) is 18.7 Å². The van der Waals surface area contributed by atoms with Gasteiger partial charge >= 0.3 is 0 Å². The summed E-state index contributed by atoms with van der Waals surface area (Å²) in [6.45, 7) is 1.84. The first-order valence-electron chi connectivity index (χ1n) is 7.08. The van der Waals surface area contributed by atoms with Gasteiger partial charge < -0.3 is 10.1 Å². The smallest absolute Gasteiger partial charge is 0.136 e. The van der Waals surface area contributed by atoms with Crippen molar-refractivity contribution in [3.05, 3.63) is 29.3 Å². The SMILES string of the molecule is COc1ccc(CNCCCCCCSC)cc1C#N. The van der Waals surface area contributed by atoms with E-state index in [-0.39, 0.29) is 0 Å². The molecule has 1 N–H and O–H groups in total. The molecule has 1 aromatic rings.